The summed E-state index contributed by atoms with van der Waals surface area (Å²) in [5.41, 5.74) is 0.797. The average molecular weight is 291 g/mol. The van der Waals surface area contributed by atoms with Crippen molar-refractivity contribution in [1.29, 1.82) is 0 Å². The Morgan fingerprint density at radius 3 is 2.76 bits per heavy atom. The lowest BCUT2D eigenvalue weighted by Crippen LogP contribution is -2.50. The van der Waals surface area contributed by atoms with Gasteiger partial charge in [-0.2, -0.15) is 0 Å². The highest BCUT2D eigenvalue weighted by atomic mass is 16.5. The zero-order valence-corrected chi connectivity index (χ0v) is 12.9. The zero-order chi connectivity index (χ0) is 15.1. The molecular weight excluding hydrogens is 266 g/mol. The van der Waals surface area contributed by atoms with E-state index in [1.807, 2.05) is 29.2 Å². The number of benzene rings is 1. The minimum absolute atomic E-state index is 0.0179. The number of hydrogen-bond donors (Lipinski definition) is 2. The van der Waals surface area contributed by atoms with Gasteiger partial charge < -0.3 is 20.3 Å². The SMILES string of the molecule is CCCN(C(=O)Nc1ccc(OC)cc1)C1CCCNC1. The van der Waals surface area contributed by atoms with E-state index in [0.29, 0.717) is 0 Å². The predicted molar refractivity (Wildman–Crippen MR) is 84.9 cm³/mol. The number of urea groups is 1. The van der Waals surface area contributed by atoms with Crippen LogP contribution >= 0.6 is 0 Å². The summed E-state index contributed by atoms with van der Waals surface area (Å²) in [5.74, 6) is 0.787. The summed E-state index contributed by atoms with van der Waals surface area (Å²) < 4.78 is 5.12. The monoisotopic (exact) mass is 291 g/mol. The number of nitrogens with one attached hydrogen (secondary N) is 2. The van der Waals surface area contributed by atoms with Gasteiger partial charge in [0, 0.05) is 24.8 Å². The molecule has 2 amide bonds. The van der Waals surface area contributed by atoms with E-state index in [1.165, 1.54) is 0 Å². The molecule has 2 rings (SSSR count). The molecule has 1 unspecified atom stereocenters. The van der Waals surface area contributed by atoms with Crippen LogP contribution in [0.2, 0.25) is 0 Å². The number of carbonyl (C=O) groups is 1. The lowest BCUT2D eigenvalue weighted by Gasteiger charge is -2.34. The molecule has 1 aromatic carbocycles. The van der Waals surface area contributed by atoms with E-state index >= 15 is 0 Å². The topological polar surface area (TPSA) is 53.6 Å². The van der Waals surface area contributed by atoms with Crippen molar-refractivity contribution in [2.75, 3.05) is 32.1 Å². The number of hydrogen-bond acceptors (Lipinski definition) is 3. The summed E-state index contributed by atoms with van der Waals surface area (Å²) in [7, 11) is 1.63. The van der Waals surface area contributed by atoms with E-state index in [-0.39, 0.29) is 12.1 Å². The largest absolute Gasteiger partial charge is 0.497 e. The third-order valence-electron chi connectivity index (χ3n) is 3.78. The first-order valence-corrected chi connectivity index (χ1v) is 7.67. The van der Waals surface area contributed by atoms with Crippen LogP contribution in [0, 0.1) is 0 Å². The summed E-state index contributed by atoms with van der Waals surface area (Å²) in [5, 5.41) is 6.35. The van der Waals surface area contributed by atoms with Gasteiger partial charge in [-0.1, -0.05) is 6.92 Å². The van der Waals surface area contributed by atoms with Crippen LogP contribution in [0.4, 0.5) is 10.5 Å². The van der Waals surface area contributed by atoms with Gasteiger partial charge >= 0.3 is 6.03 Å². The van der Waals surface area contributed by atoms with Crippen LogP contribution in [0.15, 0.2) is 24.3 Å². The van der Waals surface area contributed by atoms with Crippen LogP contribution in [-0.2, 0) is 0 Å². The first-order valence-electron chi connectivity index (χ1n) is 7.67. The second-order valence-corrected chi connectivity index (χ2v) is 5.35. The maximum atomic E-state index is 12.5. The minimum Gasteiger partial charge on any atom is -0.497 e. The molecule has 1 saturated heterocycles. The Kier molecular flexibility index (Phi) is 5.87. The van der Waals surface area contributed by atoms with Crippen LogP contribution < -0.4 is 15.4 Å². The van der Waals surface area contributed by atoms with Gasteiger partial charge in [-0.15, -0.1) is 0 Å². The summed E-state index contributed by atoms with van der Waals surface area (Å²) in [4.78, 5) is 14.5. The van der Waals surface area contributed by atoms with E-state index < -0.39 is 0 Å². The van der Waals surface area contributed by atoms with E-state index in [1.54, 1.807) is 7.11 Å². The third-order valence-corrected chi connectivity index (χ3v) is 3.78. The van der Waals surface area contributed by atoms with Gasteiger partial charge in [0.25, 0.3) is 0 Å². The Morgan fingerprint density at radius 2 is 2.19 bits per heavy atom. The van der Waals surface area contributed by atoms with Crippen molar-refractivity contribution < 1.29 is 9.53 Å². The van der Waals surface area contributed by atoms with Crippen molar-refractivity contribution in [3.05, 3.63) is 24.3 Å². The van der Waals surface area contributed by atoms with Crippen molar-refractivity contribution in [2.24, 2.45) is 0 Å². The molecule has 1 aromatic rings. The van der Waals surface area contributed by atoms with E-state index in [0.717, 1.165) is 50.3 Å². The molecule has 21 heavy (non-hydrogen) atoms. The highest BCUT2D eigenvalue weighted by Crippen LogP contribution is 2.17. The van der Waals surface area contributed by atoms with Crippen LogP contribution in [0.3, 0.4) is 0 Å². The Labute approximate surface area is 126 Å². The van der Waals surface area contributed by atoms with Crippen LogP contribution in [0.1, 0.15) is 26.2 Å². The highest BCUT2D eigenvalue weighted by Gasteiger charge is 2.24. The number of anilines is 1. The number of amides is 2. The fourth-order valence-corrected chi connectivity index (χ4v) is 2.66. The predicted octanol–water partition coefficient (Wildman–Crippen LogP) is 2.69. The number of nitrogens with zero attached hydrogens (tertiary/aromatic N) is 1. The molecule has 0 radical (unpaired) electrons. The zero-order valence-electron chi connectivity index (χ0n) is 12.9. The van der Waals surface area contributed by atoms with Gasteiger partial charge in [0.1, 0.15) is 5.75 Å². The molecule has 1 heterocycles. The number of piperidine rings is 1. The van der Waals surface area contributed by atoms with Gasteiger partial charge in [-0.25, -0.2) is 4.79 Å². The van der Waals surface area contributed by atoms with Gasteiger partial charge in [0.2, 0.25) is 0 Å². The molecular formula is C16H25N3O2. The number of carbonyl (C=O) groups excluding carboxylic acids is 1. The molecule has 1 aliphatic heterocycles. The summed E-state index contributed by atoms with van der Waals surface area (Å²) in [6.07, 6.45) is 3.16. The third kappa shape index (κ3) is 4.36. The maximum Gasteiger partial charge on any atom is 0.322 e. The molecule has 5 heteroatoms. The second-order valence-electron chi connectivity index (χ2n) is 5.35. The minimum atomic E-state index is -0.0179. The van der Waals surface area contributed by atoms with Crippen molar-refractivity contribution in [2.45, 2.75) is 32.2 Å². The van der Waals surface area contributed by atoms with Crippen LogP contribution in [0.25, 0.3) is 0 Å². The summed E-state index contributed by atoms with van der Waals surface area (Å²) >= 11 is 0. The molecule has 5 nitrogen and oxygen atoms in total. The van der Waals surface area contributed by atoms with Crippen molar-refractivity contribution in [3.8, 4) is 5.75 Å². The molecule has 1 aliphatic rings. The quantitative estimate of drug-likeness (QED) is 0.877. The molecule has 1 atom stereocenters. The van der Waals surface area contributed by atoms with Gasteiger partial charge in [-0.05, 0) is 50.1 Å². The molecule has 0 aromatic heterocycles. The number of rotatable bonds is 5. The number of ether oxygens (including phenoxy) is 1. The van der Waals surface area contributed by atoms with E-state index in [2.05, 4.69) is 17.6 Å². The maximum absolute atomic E-state index is 12.5. The smallest absolute Gasteiger partial charge is 0.322 e. The molecule has 0 spiro atoms. The molecule has 0 bridgehead atoms. The van der Waals surface area contributed by atoms with Gasteiger partial charge in [-0.3, -0.25) is 0 Å². The first kappa shape index (κ1) is 15.6. The highest BCUT2D eigenvalue weighted by molar-refractivity contribution is 5.89. The Balaban J connectivity index is 1.99. The fourth-order valence-electron chi connectivity index (χ4n) is 2.66. The summed E-state index contributed by atoms with van der Waals surface area (Å²) in [6, 6.07) is 7.69. The van der Waals surface area contributed by atoms with E-state index in [9.17, 15) is 4.79 Å². The van der Waals surface area contributed by atoms with Crippen molar-refractivity contribution in [1.82, 2.24) is 10.2 Å². The van der Waals surface area contributed by atoms with E-state index in [4.69, 9.17) is 4.74 Å². The second kappa shape index (κ2) is 7.88. The van der Waals surface area contributed by atoms with Crippen LogP contribution in [0.5, 0.6) is 5.75 Å². The molecule has 116 valence electrons. The molecule has 0 saturated carbocycles. The van der Waals surface area contributed by atoms with Crippen molar-refractivity contribution >= 4 is 11.7 Å². The fraction of sp³-hybridized carbons (Fsp3) is 0.562. The Bertz CT molecular complexity index is 441. The van der Waals surface area contributed by atoms with Gasteiger partial charge in [0.15, 0.2) is 0 Å². The Morgan fingerprint density at radius 1 is 1.43 bits per heavy atom. The lowest BCUT2D eigenvalue weighted by molar-refractivity contribution is 0.173. The first-order chi connectivity index (χ1) is 10.2. The normalized spacial score (nSPS) is 18.1. The molecule has 2 N–H and O–H groups in total. The summed E-state index contributed by atoms with van der Waals surface area (Å²) in [6.45, 7) is 4.82. The van der Waals surface area contributed by atoms with Crippen molar-refractivity contribution in [3.63, 3.8) is 0 Å². The average Bonchev–Trinajstić information content (AvgIpc) is 2.54. The standard InChI is InChI=1S/C16H25N3O2/c1-3-11-19(14-5-4-10-17-12-14)16(20)18-13-6-8-15(21-2)9-7-13/h6-9,14,17H,3-5,10-12H2,1-2H3,(H,18,20). The molecule has 0 aliphatic carbocycles. The number of methoxy groups -OCH3 is 1. The molecule has 1 fully saturated rings. The van der Waals surface area contributed by atoms with Crippen LogP contribution in [-0.4, -0.2) is 43.7 Å². The Hall–Kier alpha value is -1.75. The van der Waals surface area contributed by atoms with Gasteiger partial charge in [0.05, 0.1) is 7.11 Å². The lowest BCUT2D eigenvalue weighted by atomic mass is 10.1.